The number of aliphatic carboxylic acids is 1. The van der Waals surface area contributed by atoms with Crippen LogP contribution in [0.1, 0.15) is 19.3 Å². The van der Waals surface area contributed by atoms with Crippen LogP contribution in [0.5, 0.6) is 0 Å². The lowest BCUT2D eigenvalue weighted by molar-refractivity contribution is -0.154. The summed E-state index contributed by atoms with van der Waals surface area (Å²) < 4.78 is 12.6. The first-order valence-electron chi connectivity index (χ1n) is 3.37. The van der Waals surface area contributed by atoms with E-state index in [9.17, 15) is 9.28 Å². The molecule has 1 rings (SSSR count). The van der Waals surface area contributed by atoms with E-state index in [4.69, 9.17) is 5.11 Å². The Balaban J connectivity index is 2.47. The van der Waals surface area contributed by atoms with Crippen molar-refractivity contribution in [3.05, 3.63) is 0 Å². The number of hydrogen-bond acceptors (Lipinski definition) is 2. The van der Waals surface area contributed by atoms with Crippen molar-refractivity contribution in [2.24, 2.45) is 0 Å². The number of halogens is 1. The van der Waals surface area contributed by atoms with Crippen LogP contribution in [-0.4, -0.2) is 28.8 Å². The minimum Gasteiger partial charge on any atom is -0.480 e. The highest BCUT2D eigenvalue weighted by atomic mass is 19.2. The fraction of sp³-hybridized carbons (Fsp3) is 0.833. The Kier molecular flexibility index (Phi) is 2.21. The summed E-state index contributed by atoms with van der Waals surface area (Å²) in [7, 11) is 0. The lowest BCUT2D eigenvalue weighted by Crippen LogP contribution is -2.39. The van der Waals surface area contributed by atoms with Gasteiger partial charge in [0.2, 0.25) is 0 Å². The van der Waals surface area contributed by atoms with Crippen molar-refractivity contribution in [2.45, 2.75) is 25.3 Å². The first kappa shape index (κ1) is 7.47. The van der Waals surface area contributed by atoms with Crippen molar-refractivity contribution >= 4 is 5.97 Å². The number of carbonyl (C=O) groups is 1. The molecule has 1 aliphatic heterocycles. The van der Waals surface area contributed by atoms with E-state index in [0.29, 0.717) is 11.5 Å². The number of carboxylic acids is 1. The van der Waals surface area contributed by atoms with Gasteiger partial charge < -0.3 is 5.11 Å². The van der Waals surface area contributed by atoms with Crippen molar-refractivity contribution in [1.29, 1.82) is 0 Å². The quantitative estimate of drug-likeness (QED) is 0.558. The maximum Gasteiger partial charge on any atom is 0.323 e. The topological polar surface area (TPSA) is 40.5 Å². The maximum atomic E-state index is 12.6. The van der Waals surface area contributed by atoms with Crippen LogP contribution in [0.25, 0.3) is 0 Å². The van der Waals surface area contributed by atoms with Crippen LogP contribution >= 0.6 is 0 Å². The number of piperidine rings is 1. The molecule has 0 aliphatic carbocycles. The minimum atomic E-state index is -1.05. The molecule has 0 aromatic carbocycles. The van der Waals surface area contributed by atoms with Gasteiger partial charge in [-0.2, -0.15) is 0 Å². The van der Waals surface area contributed by atoms with E-state index in [1.165, 1.54) is 0 Å². The second-order valence-corrected chi connectivity index (χ2v) is 2.47. The van der Waals surface area contributed by atoms with E-state index in [1.54, 1.807) is 0 Å². The molecule has 1 atom stereocenters. The Morgan fingerprint density at radius 2 is 2.30 bits per heavy atom. The van der Waals surface area contributed by atoms with Crippen LogP contribution in [0, 0.1) is 0 Å². The van der Waals surface area contributed by atoms with Crippen molar-refractivity contribution in [2.75, 3.05) is 6.54 Å². The van der Waals surface area contributed by atoms with Crippen LogP contribution in [-0.2, 0) is 4.79 Å². The fourth-order valence-corrected chi connectivity index (χ4v) is 1.14. The lowest BCUT2D eigenvalue weighted by atomic mass is 10.1. The predicted octanol–water partition coefficient (Wildman–Crippen LogP) is 0.810. The standard InChI is InChI=1S/C6H10FNO2/c7-8-4-2-1-3-5(8)6(9)10/h5H,1-4H2,(H,9,10). The molecule has 1 fully saturated rings. The Hall–Kier alpha value is -0.640. The summed E-state index contributed by atoms with van der Waals surface area (Å²) in [6.07, 6.45) is 2.02. The molecule has 1 N–H and O–H groups in total. The lowest BCUT2D eigenvalue weighted by Gasteiger charge is -2.24. The molecule has 0 aromatic rings. The largest absolute Gasteiger partial charge is 0.480 e. The van der Waals surface area contributed by atoms with Crippen LogP contribution in [0.3, 0.4) is 0 Å². The highest BCUT2D eigenvalue weighted by Crippen LogP contribution is 2.16. The molecule has 0 amide bonds. The molecule has 1 unspecified atom stereocenters. The summed E-state index contributed by atoms with van der Waals surface area (Å²) in [6, 6.07) is -0.895. The summed E-state index contributed by atoms with van der Waals surface area (Å²) in [4.78, 5) is 10.3. The van der Waals surface area contributed by atoms with Crippen molar-refractivity contribution in [3.8, 4) is 0 Å². The van der Waals surface area contributed by atoms with E-state index >= 15 is 0 Å². The Morgan fingerprint density at radius 3 is 2.70 bits per heavy atom. The third-order valence-corrected chi connectivity index (χ3v) is 1.72. The van der Waals surface area contributed by atoms with Crippen molar-refractivity contribution in [3.63, 3.8) is 0 Å². The van der Waals surface area contributed by atoms with E-state index in [-0.39, 0.29) is 6.54 Å². The fourth-order valence-electron chi connectivity index (χ4n) is 1.14. The molecule has 1 heterocycles. The third kappa shape index (κ3) is 1.44. The molecular weight excluding hydrogens is 137 g/mol. The van der Waals surface area contributed by atoms with Gasteiger partial charge in [0.1, 0.15) is 6.04 Å². The van der Waals surface area contributed by atoms with E-state index < -0.39 is 12.0 Å². The second-order valence-electron chi connectivity index (χ2n) is 2.47. The molecule has 0 aromatic heterocycles. The highest BCUT2D eigenvalue weighted by molar-refractivity contribution is 5.73. The van der Waals surface area contributed by atoms with Gasteiger partial charge in [0.25, 0.3) is 0 Å². The zero-order chi connectivity index (χ0) is 7.56. The average Bonchev–Trinajstić information content (AvgIpc) is 1.88. The van der Waals surface area contributed by atoms with E-state index in [0.717, 1.165) is 12.8 Å². The van der Waals surface area contributed by atoms with Gasteiger partial charge in [-0.3, -0.25) is 4.79 Å². The maximum absolute atomic E-state index is 12.6. The zero-order valence-electron chi connectivity index (χ0n) is 5.59. The van der Waals surface area contributed by atoms with Gasteiger partial charge >= 0.3 is 5.97 Å². The van der Waals surface area contributed by atoms with Gasteiger partial charge in [0, 0.05) is 6.54 Å². The Morgan fingerprint density at radius 1 is 1.60 bits per heavy atom. The van der Waals surface area contributed by atoms with Gasteiger partial charge in [-0.15, -0.1) is 9.60 Å². The van der Waals surface area contributed by atoms with Gasteiger partial charge in [-0.05, 0) is 19.3 Å². The van der Waals surface area contributed by atoms with Gasteiger partial charge in [0.05, 0.1) is 0 Å². The number of hydrogen-bond donors (Lipinski definition) is 1. The summed E-state index contributed by atoms with van der Waals surface area (Å²) >= 11 is 0. The number of carboxylic acid groups (broad SMARTS) is 1. The zero-order valence-corrected chi connectivity index (χ0v) is 5.59. The summed E-state index contributed by atoms with van der Waals surface area (Å²) in [5.74, 6) is -1.05. The third-order valence-electron chi connectivity index (χ3n) is 1.72. The van der Waals surface area contributed by atoms with Crippen LogP contribution in [0.4, 0.5) is 4.48 Å². The van der Waals surface area contributed by atoms with Crippen LogP contribution < -0.4 is 0 Å². The summed E-state index contributed by atoms with van der Waals surface area (Å²) in [5, 5.41) is 8.84. The van der Waals surface area contributed by atoms with Crippen LogP contribution in [0.2, 0.25) is 0 Å². The van der Waals surface area contributed by atoms with Crippen molar-refractivity contribution in [1.82, 2.24) is 5.12 Å². The molecule has 0 spiro atoms. The first-order chi connectivity index (χ1) is 4.72. The second kappa shape index (κ2) is 2.96. The van der Waals surface area contributed by atoms with E-state index in [1.807, 2.05) is 0 Å². The predicted molar refractivity (Wildman–Crippen MR) is 33.1 cm³/mol. The molecule has 3 nitrogen and oxygen atoms in total. The highest BCUT2D eigenvalue weighted by Gasteiger charge is 2.28. The normalized spacial score (nSPS) is 28.3. The SMILES string of the molecule is O=C(O)C1CCCCN1F. The average molecular weight is 147 g/mol. The Bertz CT molecular complexity index is 140. The number of rotatable bonds is 1. The summed E-state index contributed by atoms with van der Waals surface area (Å²) in [6.45, 7) is 0.261. The monoisotopic (exact) mass is 147 g/mol. The summed E-state index contributed by atoms with van der Waals surface area (Å²) in [5.41, 5.74) is 0. The Labute approximate surface area is 58.4 Å². The van der Waals surface area contributed by atoms with Gasteiger partial charge in [-0.1, -0.05) is 0 Å². The molecule has 1 aliphatic rings. The minimum absolute atomic E-state index is 0.261. The first-order valence-corrected chi connectivity index (χ1v) is 3.37. The van der Waals surface area contributed by atoms with Gasteiger partial charge in [0.15, 0.2) is 0 Å². The molecule has 0 saturated carbocycles. The smallest absolute Gasteiger partial charge is 0.323 e. The molecule has 10 heavy (non-hydrogen) atoms. The molecule has 58 valence electrons. The molecule has 1 saturated heterocycles. The molecule has 4 heteroatoms. The van der Waals surface area contributed by atoms with Gasteiger partial charge in [-0.25, -0.2) is 0 Å². The molecule has 0 radical (unpaired) electrons. The number of nitrogens with zero attached hydrogens (tertiary/aromatic N) is 1. The molecule has 0 bridgehead atoms. The van der Waals surface area contributed by atoms with Crippen LogP contribution in [0.15, 0.2) is 0 Å². The molecular formula is C6H10FNO2. The van der Waals surface area contributed by atoms with E-state index in [2.05, 4.69) is 0 Å². The van der Waals surface area contributed by atoms with Crippen molar-refractivity contribution < 1.29 is 14.4 Å².